The fourth-order valence-electron chi connectivity index (χ4n) is 3.96. The number of piperidine rings is 1. The molecule has 29 heavy (non-hydrogen) atoms. The molecule has 152 valence electrons. The second-order valence-corrected chi connectivity index (χ2v) is 7.81. The van der Waals surface area contributed by atoms with E-state index in [1.807, 2.05) is 0 Å². The number of anilines is 1. The summed E-state index contributed by atoms with van der Waals surface area (Å²) in [5.74, 6) is 2.15. The van der Waals surface area contributed by atoms with Crippen molar-refractivity contribution in [3.63, 3.8) is 0 Å². The van der Waals surface area contributed by atoms with Crippen molar-refractivity contribution in [3.8, 4) is 18.4 Å². The van der Waals surface area contributed by atoms with Crippen LogP contribution < -0.4 is 10.2 Å². The van der Waals surface area contributed by atoms with Crippen LogP contribution in [0.2, 0.25) is 0 Å². The Kier molecular flexibility index (Phi) is 6.05. The number of carbonyl (C=O) groups is 2. The molecule has 0 spiro atoms. The molecule has 0 aromatic carbocycles. The van der Waals surface area contributed by atoms with Gasteiger partial charge in [0.2, 0.25) is 5.91 Å². The maximum absolute atomic E-state index is 12.7. The zero-order valence-electron chi connectivity index (χ0n) is 16.5. The van der Waals surface area contributed by atoms with Crippen molar-refractivity contribution in [3.05, 3.63) is 23.9 Å². The number of nitrogens with zero attached hydrogens (tertiary/aromatic N) is 4. The van der Waals surface area contributed by atoms with Crippen LogP contribution in [0.3, 0.4) is 0 Å². The third kappa shape index (κ3) is 4.49. The minimum Gasteiger partial charge on any atom is -0.478 e. The van der Waals surface area contributed by atoms with E-state index in [1.54, 1.807) is 6.07 Å². The van der Waals surface area contributed by atoms with Gasteiger partial charge in [-0.15, -0.1) is 6.42 Å². The molecule has 2 saturated heterocycles. The number of pyridine rings is 1. The van der Waals surface area contributed by atoms with Crippen molar-refractivity contribution in [1.29, 1.82) is 5.26 Å². The number of terminal acetylenes is 1. The largest absolute Gasteiger partial charge is 0.478 e. The van der Waals surface area contributed by atoms with Gasteiger partial charge < -0.3 is 20.2 Å². The number of carboxylic acids is 1. The topological polar surface area (TPSA) is 110 Å². The van der Waals surface area contributed by atoms with E-state index in [2.05, 4.69) is 34.1 Å². The first-order valence-corrected chi connectivity index (χ1v) is 9.73. The summed E-state index contributed by atoms with van der Waals surface area (Å²) >= 11 is 0. The van der Waals surface area contributed by atoms with Crippen LogP contribution in [-0.2, 0) is 4.79 Å². The lowest BCUT2D eigenvalue weighted by atomic mass is 9.89. The van der Waals surface area contributed by atoms with Crippen LogP contribution in [-0.4, -0.2) is 64.1 Å². The van der Waals surface area contributed by atoms with Crippen LogP contribution in [0.1, 0.15) is 43.0 Å². The molecule has 8 heteroatoms. The molecule has 1 aromatic heterocycles. The van der Waals surface area contributed by atoms with Crippen LogP contribution >= 0.6 is 0 Å². The highest BCUT2D eigenvalue weighted by Crippen LogP contribution is 2.27. The molecule has 1 amide bonds. The summed E-state index contributed by atoms with van der Waals surface area (Å²) in [6.45, 7) is 3.61. The third-order valence-corrected chi connectivity index (χ3v) is 5.86. The molecule has 3 heterocycles. The average molecular weight is 395 g/mol. The van der Waals surface area contributed by atoms with Crippen molar-refractivity contribution in [2.45, 2.75) is 50.2 Å². The number of hydrogen-bond donors (Lipinski definition) is 2. The van der Waals surface area contributed by atoms with Crippen molar-refractivity contribution in [2.24, 2.45) is 0 Å². The molecule has 2 aliphatic rings. The molecule has 2 fully saturated rings. The Balaban J connectivity index is 1.56. The van der Waals surface area contributed by atoms with E-state index in [0.717, 1.165) is 12.8 Å². The monoisotopic (exact) mass is 395 g/mol. The first-order valence-electron chi connectivity index (χ1n) is 9.73. The Labute approximate surface area is 170 Å². The third-order valence-electron chi connectivity index (χ3n) is 5.86. The zero-order chi connectivity index (χ0) is 21.0. The van der Waals surface area contributed by atoms with E-state index >= 15 is 0 Å². The molecule has 1 aromatic rings. The Morgan fingerprint density at radius 1 is 1.38 bits per heavy atom. The molecule has 2 aliphatic heterocycles. The molecular weight excluding hydrogens is 370 g/mol. The lowest BCUT2D eigenvalue weighted by Crippen LogP contribution is -2.55. The Hall–Kier alpha value is -3.10. The first kappa shape index (κ1) is 20.6. The minimum absolute atomic E-state index is 0.139. The highest BCUT2D eigenvalue weighted by atomic mass is 16.4. The molecule has 0 bridgehead atoms. The van der Waals surface area contributed by atoms with Crippen molar-refractivity contribution >= 4 is 17.7 Å². The number of aromatic carboxylic acids is 1. The molecule has 8 nitrogen and oxygen atoms in total. The minimum atomic E-state index is -0.974. The number of nitrogens with one attached hydrogen (secondary N) is 1. The maximum atomic E-state index is 12.7. The molecule has 0 saturated carbocycles. The molecule has 2 atom stereocenters. The van der Waals surface area contributed by atoms with E-state index in [-0.39, 0.29) is 29.6 Å². The first-order chi connectivity index (χ1) is 13.9. The number of hydrogen-bond acceptors (Lipinski definition) is 6. The summed E-state index contributed by atoms with van der Waals surface area (Å²) in [7, 11) is 0. The van der Waals surface area contributed by atoms with Gasteiger partial charge in [-0.25, -0.2) is 9.78 Å². The van der Waals surface area contributed by atoms with Crippen molar-refractivity contribution in [2.75, 3.05) is 24.5 Å². The molecule has 0 unspecified atom stereocenters. The summed E-state index contributed by atoms with van der Waals surface area (Å²) in [5, 5.41) is 21.8. The van der Waals surface area contributed by atoms with Gasteiger partial charge in [-0.3, -0.25) is 4.79 Å². The van der Waals surface area contributed by atoms with Crippen molar-refractivity contribution in [1.82, 2.24) is 15.2 Å². The van der Waals surface area contributed by atoms with E-state index in [1.165, 1.54) is 17.2 Å². The van der Waals surface area contributed by atoms with Gasteiger partial charge in [0, 0.05) is 24.8 Å². The van der Waals surface area contributed by atoms with E-state index < -0.39 is 12.0 Å². The predicted octanol–water partition coefficient (Wildman–Crippen LogP) is 1.24. The maximum Gasteiger partial charge on any atom is 0.335 e. The Morgan fingerprint density at radius 2 is 2.07 bits per heavy atom. The molecule has 0 aliphatic carbocycles. The normalized spacial score (nSPS) is 23.3. The number of carboxylic acid groups (broad SMARTS) is 1. The van der Waals surface area contributed by atoms with Gasteiger partial charge in [-0.05, 0) is 44.7 Å². The predicted molar refractivity (Wildman–Crippen MR) is 107 cm³/mol. The molecular formula is C21H25N5O3. The second kappa shape index (κ2) is 8.50. The van der Waals surface area contributed by atoms with Crippen molar-refractivity contribution < 1.29 is 14.7 Å². The van der Waals surface area contributed by atoms with Gasteiger partial charge in [0.1, 0.15) is 11.9 Å². The standard InChI is InChI=1S/C21H25N5O3/c1-3-16-4-5-17(13-22)26(16)19(27)14-24-21(2)7-10-25(11-8-21)18-12-15(20(28)29)6-9-23-18/h1,6,9,12,16-17,24H,4-5,7-8,10-11,14H2,2H3,(H,28,29)/t16-,17+/m1/s1. The molecule has 0 radical (unpaired) electrons. The van der Waals surface area contributed by atoms with Gasteiger partial charge in [0.25, 0.3) is 0 Å². The zero-order valence-corrected chi connectivity index (χ0v) is 16.5. The summed E-state index contributed by atoms with van der Waals surface area (Å²) in [4.78, 5) is 31.7. The van der Waals surface area contributed by atoms with Crippen LogP contribution in [0.15, 0.2) is 18.3 Å². The average Bonchev–Trinajstić information content (AvgIpc) is 3.16. The van der Waals surface area contributed by atoms with Crippen LogP contribution in [0.25, 0.3) is 0 Å². The summed E-state index contributed by atoms with van der Waals surface area (Å²) in [6.07, 6.45) is 9.86. The summed E-state index contributed by atoms with van der Waals surface area (Å²) in [5.41, 5.74) is -0.0165. The lowest BCUT2D eigenvalue weighted by Gasteiger charge is -2.41. The van der Waals surface area contributed by atoms with E-state index in [4.69, 9.17) is 11.5 Å². The van der Waals surface area contributed by atoms with Crippen LogP contribution in [0, 0.1) is 23.7 Å². The number of nitriles is 1. The van der Waals surface area contributed by atoms with Gasteiger partial charge in [0.05, 0.1) is 24.2 Å². The van der Waals surface area contributed by atoms with Crippen LogP contribution in [0.4, 0.5) is 5.82 Å². The number of rotatable bonds is 5. The number of aromatic nitrogens is 1. The fourth-order valence-corrected chi connectivity index (χ4v) is 3.96. The number of likely N-dealkylation sites (tertiary alicyclic amines) is 1. The Bertz CT molecular complexity index is 842. The highest BCUT2D eigenvalue weighted by molar-refractivity contribution is 5.88. The van der Waals surface area contributed by atoms with Gasteiger partial charge in [-0.2, -0.15) is 5.26 Å². The van der Waals surface area contributed by atoms with Gasteiger partial charge in [-0.1, -0.05) is 5.92 Å². The van der Waals surface area contributed by atoms with Gasteiger partial charge >= 0.3 is 5.97 Å². The molecule has 2 N–H and O–H groups in total. The Morgan fingerprint density at radius 3 is 2.69 bits per heavy atom. The summed E-state index contributed by atoms with van der Waals surface area (Å²) < 4.78 is 0. The smallest absolute Gasteiger partial charge is 0.335 e. The number of carbonyl (C=O) groups excluding carboxylic acids is 1. The fraction of sp³-hybridized carbons (Fsp3) is 0.524. The van der Waals surface area contributed by atoms with E-state index in [9.17, 15) is 14.9 Å². The summed E-state index contributed by atoms with van der Waals surface area (Å²) in [6, 6.07) is 4.47. The highest BCUT2D eigenvalue weighted by Gasteiger charge is 2.37. The second-order valence-electron chi connectivity index (χ2n) is 7.81. The molecule has 3 rings (SSSR count). The number of amides is 1. The van der Waals surface area contributed by atoms with Gasteiger partial charge in [0.15, 0.2) is 0 Å². The quantitative estimate of drug-likeness (QED) is 0.722. The van der Waals surface area contributed by atoms with Crippen LogP contribution in [0.5, 0.6) is 0 Å². The lowest BCUT2D eigenvalue weighted by molar-refractivity contribution is -0.131. The SMILES string of the molecule is C#C[C@@H]1CC[C@@H](C#N)N1C(=O)CNC1(C)CCN(c2cc(C(=O)O)ccn2)CC1. The van der Waals surface area contributed by atoms with E-state index in [0.29, 0.717) is 31.7 Å².